The van der Waals surface area contributed by atoms with Crippen molar-refractivity contribution in [3.05, 3.63) is 70.2 Å². The molecule has 0 aromatic heterocycles. The van der Waals surface area contributed by atoms with E-state index in [2.05, 4.69) is 5.32 Å². The summed E-state index contributed by atoms with van der Waals surface area (Å²) in [5.74, 6) is -0.468. The van der Waals surface area contributed by atoms with E-state index in [0.29, 0.717) is 22.8 Å². The Labute approximate surface area is 134 Å². The van der Waals surface area contributed by atoms with Crippen LogP contribution in [0.2, 0.25) is 5.02 Å². The zero-order valence-corrected chi connectivity index (χ0v) is 12.9. The van der Waals surface area contributed by atoms with Crippen molar-refractivity contribution >= 4 is 23.3 Å². The highest BCUT2D eigenvalue weighted by Crippen LogP contribution is 2.11. The topological polar surface area (TPSA) is 55.4 Å². The molecule has 0 saturated heterocycles. The summed E-state index contributed by atoms with van der Waals surface area (Å²) in [5, 5.41) is 3.20. The second-order valence-electron chi connectivity index (χ2n) is 4.70. The Morgan fingerprint density at radius 3 is 2.45 bits per heavy atom. The van der Waals surface area contributed by atoms with Crippen molar-refractivity contribution < 1.29 is 14.3 Å². The molecule has 0 atom stereocenters. The average Bonchev–Trinajstić information content (AvgIpc) is 2.54. The maximum Gasteiger partial charge on any atom is 0.252 e. The third kappa shape index (κ3) is 4.16. The predicted octanol–water partition coefficient (Wildman–Crippen LogP) is 3.10. The van der Waals surface area contributed by atoms with E-state index in [1.165, 1.54) is 0 Å². The first-order chi connectivity index (χ1) is 10.6. The summed E-state index contributed by atoms with van der Waals surface area (Å²) in [6, 6.07) is 13.7. The van der Waals surface area contributed by atoms with Crippen molar-refractivity contribution in [1.29, 1.82) is 0 Å². The molecule has 0 radical (unpaired) electrons. The first-order valence-corrected chi connectivity index (χ1v) is 7.13. The number of carbonyl (C=O) groups is 2. The van der Waals surface area contributed by atoms with Crippen LogP contribution in [0.15, 0.2) is 48.5 Å². The average molecular weight is 318 g/mol. The van der Waals surface area contributed by atoms with Crippen LogP contribution >= 0.6 is 11.6 Å². The van der Waals surface area contributed by atoms with Crippen LogP contribution in [0, 0.1) is 0 Å². The minimum absolute atomic E-state index is 0.0677. The fourth-order valence-electron chi connectivity index (χ4n) is 2.02. The number of nitrogens with one attached hydrogen (secondary N) is 1. The van der Waals surface area contributed by atoms with Gasteiger partial charge in [-0.25, -0.2) is 0 Å². The predicted molar refractivity (Wildman–Crippen MR) is 85.3 cm³/mol. The molecule has 2 aromatic carbocycles. The summed E-state index contributed by atoms with van der Waals surface area (Å²) in [6.45, 7) is 0.274. The Bertz CT molecular complexity index is 668. The van der Waals surface area contributed by atoms with Gasteiger partial charge in [-0.3, -0.25) is 9.59 Å². The number of rotatable bonds is 6. The van der Waals surface area contributed by atoms with Crippen LogP contribution in [0.1, 0.15) is 26.3 Å². The minimum atomic E-state index is -0.296. The van der Waals surface area contributed by atoms with Crippen molar-refractivity contribution in [2.75, 3.05) is 13.7 Å². The van der Waals surface area contributed by atoms with Crippen LogP contribution in [0.5, 0.6) is 0 Å². The van der Waals surface area contributed by atoms with Gasteiger partial charge < -0.3 is 10.1 Å². The third-order valence-corrected chi connectivity index (χ3v) is 3.39. The van der Waals surface area contributed by atoms with Crippen LogP contribution < -0.4 is 5.32 Å². The van der Waals surface area contributed by atoms with Gasteiger partial charge in [0.05, 0.1) is 13.2 Å². The van der Waals surface area contributed by atoms with Gasteiger partial charge in [-0.05, 0) is 35.9 Å². The Kier molecular flexibility index (Phi) is 5.69. The lowest BCUT2D eigenvalue weighted by atomic mass is 10.1. The number of hydrogen-bond acceptors (Lipinski definition) is 3. The third-order valence-electron chi connectivity index (χ3n) is 3.14. The molecule has 0 saturated carbocycles. The number of ether oxygens (including phenoxy) is 1. The second kappa shape index (κ2) is 7.73. The molecule has 0 fully saturated rings. The minimum Gasteiger partial charge on any atom is -0.380 e. The molecule has 1 N–H and O–H groups in total. The van der Waals surface area contributed by atoms with Crippen molar-refractivity contribution in [1.82, 2.24) is 5.32 Å². The number of amides is 1. The highest BCUT2D eigenvalue weighted by atomic mass is 35.5. The lowest BCUT2D eigenvalue weighted by Gasteiger charge is -2.09. The van der Waals surface area contributed by atoms with E-state index in [0.717, 1.165) is 5.56 Å². The number of benzene rings is 2. The maximum atomic E-state index is 12.2. The Morgan fingerprint density at radius 1 is 1.09 bits per heavy atom. The standard InChI is InChI=1S/C17H16ClNO3/c1-22-11-13-4-2-3-5-15(13)17(21)19-10-16(20)12-6-8-14(18)9-7-12/h2-9H,10-11H2,1H3,(H,19,21). The van der Waals surface area contributed by atoms with Gasteiger partial charge in [-0.1, -0.05) is 29.8 Å². The SMILES string of the molecule is COCc1ccccc1C(=O)NCC(=O)c1ccc(Cl)cc1. The molecule has 0 unspecified atom stereocenters. The molecule has 114 valence electrons. The van der Waals surface area contributed by atoms with Crippen molar-refractivity contribution in [3.8, 4) is 0 Å². The highest BCUT2D eigenvalue weighted by Gasteiger charge is 2.12. The Hall–Kier alpha value is -2.17. The van der Waals surface area contributed by atoms with Crippen LogP contribution in [0.3, 0.4) is 0 Å². The molecule has 2 aromatic rings. The molecule has 0 aliphatic heterocycles. The van der Waals surface area contributed by atoms with Crippen LogP contribution in [0.4, 0.5) is 0 Å². The maximum absolute atomic E-state index is 12.2. The molecule has 5 heteroatoms. The summed E-state index contributed by atoms with van der Waals surface area (Å²) in [7, 11) is 1.57. The molecule has 22 heavy (non-hydrogen) atoms. The monoisotopic (exact) mass is 317 g/mol. The van der Waals surface area contributed by atoms with Crippen molar-refractivity contribution in [2.24, 2.45) is 0 Å². The zero-order valence-electron chi connectivity index (χ0n) is 12.1. The van der Waals surface area contributed by atoms with Gasteiger partial charge in [0.2, 0.25) is 0 Å². The highest BCUT2D eigenvalue weighted by molar-refractivity contribution is 6.30. The number of halogens is 1. The van der Waals surface area contributed by atoms with Gasteiger partial charge in [-0.2, -0.15) is 0 Å². The number of hydrogen-bond donors (Lipinski definition) is 1. The molecule has 0 bridgehead atoms. The van der Waals surface area contributed by atoms with Gasteiger partial charge in [0.15, 0.2) is 5.78 Å². The largest absolute Gasteiger partial charge is 0.380 e. The summed E-state index contributed by atoms with van der Waals surface area (Å²) >= 11 is 5.78. The van der Waals surface area contributed by atoms with Gasteiger partial charge in [0.1, 0.15) is 0 Å². The van der Waals surface area contributed by atoms with Crippen LogP contribution in [-0.4, -0.2) is 25.3 Å². The lowest BCUT2D eigenvalue weighted by molar-refractivity contribution is 0.0901. The van der Waals surface area contributed by atoms with E-state index in [-0.39, 0.29) is 18.2 Å². The molecule has 0 aliphatic rings. The summed E-state index contributed by atoms with van der Waals surface area (Å²) in [5.41, 5.74) is 1.80. The van der Waals surface area contributed by atoms with E-state index >= 15 is 0 Å². The number of Topliss-reactive ketones (excluding diaryl/α,β-unsaturated/α-hetero) is 1. The summed E-state index contributed by atoms with van der Waals surface area (Å²) in [4.78, 5) is 24.2. The number of methoxy groups -OCH3 is 1. The first-order valence-electron chi connectivity index (χ1n) is 6.75. The Balaban J connectivity index is 2.01. The quantitative estimate of drug-likeness (QED) is 0.833. The van der Waals surface area contributed by atoms with Crippen LogP contribution in [0.25, 0.3) is 0 Å². The zero-order chi connectivity index (χ0) is 15.9. The van der Waals surface area contributed by atoms with E-state index in [1.54, 1.807) is 43.5 Å². The molecule has 1 amide bonds. The van der Waals surface area contributed by atoms with Gasteiger partial charge in [0, 0.05) is 23.3 Å². The molecular formula is C17H16ClNO3. The Morgan fingerprint density at radius 2 is 1.77 bits per heavy atom. The fraction of sp³-hybridized carbons (Fsp3) is 0.176. The summed E-state index contributed by atoms with van der Waals surface area (Å²) < 4.78 is 5.07. The second-order valence-corrected chi connectivity index (χ2v) is 5.14. The molecule has 0 aliphatic carbocycles. The molecule has 0 heterocycles. The summed E-state index contributed by atoms with van der Waals surface area (Å²) in [6.07, 6.45) is 0. The van der Waals surface area contributed by atoms with E-state index in [4.69, 9.17) is 16.3 Å². The normalized spacial score (nSPS) is 10.3. The number of carbonyl (C=O) groups excluding carboxylic acids is 2. The molecule has 2 rings (SSSR count). The molecule has 0 spiro atoms. The van der Waals surface area contributed by atoms with Gasteiger partial charge in [0.25, 0.3) is 5.91 Å². The van der Waals surface area contributed by atoms with Crippen molar-refractivity contribution in [2.45, 2.75) is 6.61 Å². The van der Waals surface area contributed by atoms with E-state index < -0.39 is 0 Å². The molecular weight excluding hydrogens is 302 g/mol. The first kappa shape index (κ1) is 16.2. The van der Waals surface area contributed by atoms with E-state index in [1.807, 2.05) is 12.1 Å². The van der Waals surface area contributed by atoms with Crippen LogP contribution in [-0.2, 0) is 11.3 Å². The molecule has 4 nitrogen and oxygen atoms in total. The van der Waals surface area contributed by atoms with Gasteiger partial charge in [-0.15, -0.1) is 0 Å². The lowest BCUT2D eigenvalue weighted by Crippen LogP contribution is -2.30. The van der Waals surface area contributed by atoms with E-state index in [9.17, 15) is 9.59 Å². The van der Waals surface area contributed by atoms with Gasteiger partial charge >= 0.3 is 0 Å². The fourth-order valence-corrected chi connectivity index (χ4v) is 2.14. The number of ketones is 1. The smallest absolute Gasteiger partial charge is 0.252 e. The van der Waals surface area contributed by atoms with Crippen molar-refractivity contribution in [3.63, 3.8) is 0 Å².